The van der Waals surface area contributed by atoms with Crippen LogP contribution in [0.2, 0.25) is 0 Å². The number of carbonyl (C=O) groups is 1. The lowest BCUT2D eigenvalue weighted by atomic mass is 10.1. The summed E-state index contributed by atoms with van der Waals surface area (Å²) in [5.41, 5.74) is 7.14. The topological polar surface area (TPSA) is 49.6 Å². The summed E-state index contributed by atoms with van der Waals surface area (Å²) in [5.74, 6) is -0.546. The third-order valence-corrected chi connectivity index (χ3v) is 3.70. The Balaban J connectivity index is 0.00000242. The number of alkyl halides is 3. The second-order valence-corrected chi connectivity index (χ2v) is 5.09. The zero-order valence-electron chi connectivity index (χ0n) is 12.1. The van der Waals surface area contributed by atoms with Crippen molar-refractivity contribution in [2.24, 2.45) is 5.73 Å². The zero-order chi connectivity index (χ0) is 15.6. The Morgan fingerprint density at radius 2 is 1.86 bits per heavy atom. The highest BCUT2D eigenvalue weighted by Crippen LogP contribution is 2.30. The summed E-state index contributed by atoms with van der Waals surface area (Å²) >= 11 is 0. The number of rotatable bonds is 2. The summed E-state index contributed by atoms with van der Waals surface area (Å²) in [6, 6.07) is 5.36. The van der Waals surface area contributed by atoms with E-state index < -0.39 is 18.1 Å². The number of halogens is 4. The van der Waals surface area contributed by atoms with Gasteiger partial charge in [-0.1, -0.05) is 12.1 Å². The number of hydrogen-bond acceptors (Lipinski definition) is 3. The Morgan fingerprint density at radius 1 is 1.27 bits per heavy atom. The third-order valence-electron chi connectivity index (χ3n) is 3.70. The number of nitrogens with two attached hydrogens (primary N) is 1. The molecule has 0 bridgehead atoms. The van der Waals surface area contributed by atoms with Crippen LogP contribution in [0.25, 0.3) is 0 Å². The van der Waals surface area contributed by atoms with Crippen molar-refractivity contribution in [1.82, 2.24) is 4.90 Å². The summed E-state index contributed by atoms with van der Waals surface area (Å²) in [5, 5.41) is 0. The fraction of sp³-hybridized carbons (Fsp3) is 0.500. The standard InChI is InChI=1S/C14H18F3N3O.ClH/c1-10(21)20-7-6-19(9-13(20)14(15,16)17)12-4-2-11(8-18)3-5-12;/h2-5,13H,6-9,18H2,1H3;1H. The van der Waals surface area contributed by atoms with E-state index in [2.05, 4.69) is 0 Å². The lowest BCUT2D eigenvalue weighted by Gasteiger charge is -2.42. The number of nitrogens with zero attached hydrogens (tertiary/aromatic N) is 2. The van der Waals surface area contributed by atoms with Gasteiger partial charge in [-0.05, 0) is 17.7 Å². The lowest BCUT2D eigenvalue weighted by molar-refractivity contribution is -0.189. The average Bonchev–Trinajstić information content (AvgIpc) is 2.45. The number of hydrogen-bond donors (Lipinski definition) is 1. The van der Waals surface area contributed by atoms with E-state index in [0.717, 1.165) is 10.5 Å². The quantitative estimate of drug-likeness (QED) is 0.899. The molecule has 0 aliphatic carbocycles. The van der Waals surface area contributed by atoms with Crippen molar-refractivity contribution >= 4 is 24.0 Å². The van der Waals surface area contributed by atoms with Crippen molar-refractivity contribution < 1.29 is 18.0 Å². The SMILES string of the molecule is CC(=O)N1CCN(c2ccc(CN)cc2)CC1C(F)(F)F.Cl. The molecular formula is C14H19ClF3N3O. The number of anilines is 1. The summed E-state index contributed by atoms with van der Waals surface area (Å²) in [6.07, 6.45) is -4.43. The van der Waals surface area contributed by atoms with Gasteiger partial charge in [0.1, 0.15) is 6.04 Å². The van der Waals surface area contributed by atoms with Gasteiger partial charge < -0.3 is 15.5 Å². The molecule has 1 saturated heterocycles. The van der Waals surface area contributed by atoms with Gasteiger partial charge in [-0.2, -0.15) is 13.2 Å². The Labute approximate surface area is 133 Å². The van der Waals surface area contributed by atoms with Crippen molar-refractivity contribution in [2.75, 3.05) is 24.5 Å². The Kier molecular flexibility index (Phi) is 6.08. The van der Waals surface area contributed by atoms with Crippen LogP contribution in [0.15, 0.2) is 24.3 Å². The summed E-state index contributed by atoms with van der Waals surface area (Å²) < 4.78 is 39.4. The van der Waals surface area contributed by atoms with E-state index in [9.17, 15) is 18.0 Å². The van der Waals surface area contributed by atoms with Gasteiger partial charge in [-0.25, -0.2) is 0 Å². The van der Waals surface area contributed by atoms with Crippen LogP contribution in [0.1, 0.15) is 12.5 Å². The fourth-order valence-corrected chi connectivity index (χ4v) is 2.52. The monoisotopic (exact) mass is 337 g/mol. The summed E-state index contributed by atoms with van der Waals surface area (Å²) in [4.78, 5) is 13.9. The molecular weight excluding hydrogens is 319 g/mol. The molecule has 2 N–H and O–H groups in total. The van der Waals surface area contributed by atoms with Gasteiger partial charge in [0.15, 0.2) is 0 Å². The van der Waals surface area contributed by atoms with Gasteiger partial charge in [0.2, 0.25) is 5.91 Å². The molecule has 22 heavy (non-hydrogen) atoms. The van der Waals surface area contributed by atoms with E-state index in [0.29, 0.717) is 18.8 Å². The molecule has 0 radical (unpaired) electrons. The number of amides is 1. The average molecular weight is 338 g/mol. The Morgan fingerprint density at radius 3 is 2.32 bits per heavy atom. The van der Waals surface area contributed by atoms with Gasteiger partial charge in [0.25, 0.3) is 0 Å². The predicted octanol–water partition coefficient (Wildman–Crippen LogP) is 2.17. The molecule has 1 unspecified atom stereocenters. The fourth-order valence-electron chi connectivity index (χ4n) is 2.52. The molecule has 0 spiro atoms. The summed E-state index contributed by atoms with van der Waals surface area (Å²) in [7, 11) is 0. The molecule has 4 nitrogen and oxygen atoms in total. The molecule has 1 aromatic rings. The molecule has 1 atom stereocenters. The molecule has 1 aromatic carbocycles. The van der Waals surface area contributed by atoms with E-state index in [4.69, 9.17) is 5.73 Å². The van der Waals surface area contributed by atoms with Crippen molar-refractivity contribution in [3.63, 3.8) is 0 Å². The maximum absolute atomic E-state index is 13.1. The van der Waals surface area contributed by atoms with Crippen LogP contribution >= 0.6 is 12.4 Å². The molecule has 1 aliphatic rings. The van der Waals surface area contributed by atoms with Crippen LogP contribution in [-0.4, -0.2) is 42.7 Å². The van der Waals surface area contributed by atoms with E-state index in [1.54, 1.807) is 29.2 Å². The maximum atomic E-state index is 13.1. The molecule has 124 valence electrons. The highest BCUT2D eigenvalue weighted by molar-refractivity contribution is 5.85. The van der Waals surface area contributed by atoms with Crippen molar-refractivity contribution in [1.29, 1.82) is 0 Å². The third kappa shape index (κ3) is 4.04. The molecule has 1 fully saturated rings. The molecule has 0 aromatic heterocycles. The van der Waals surface area contributed by atoms with Crippen molar-refractivity contribution in [3.05, 3.63) is 29.8 Å². The Bertz CT molecular complexity index is 507. The van der Waals surface area contributed by atoms with E-state index >= 15 is 0 Å². The number of benzene rings is 1. The van der Waals surface area contributed by atoms with Crippen LogP contribution in [0.3, 0.4) is 0 Å². The van der Waals surface area contributed by atoms with Crippen LogP contribution in [0.5, 0.6) is 0 Å². The van der Waals surface area contributed by atoms with Crippen LogP contribution in [0, 0.1) is 0 Å². The molecule has 0 saturated carbocycles. The normalized spacial score (nSPS) is 18.9. The van der Waals surface area contributed by atoms with Gasteiger partial charge in [0.05, 0.1) is 0 Å². The minimum absolute atomic E-state index is 0. The largest absolute Gasteiger partial charge is 0.410 e. The number of piperazine rings is 1. The van der Waals surface area contributed by atoms with Crippen LogP contribution in [0.4, 0.5) is 18.9 Å². The maximum Gasteiger partial charge on any atom is 0.410 e. The minimum atomic E-state index is -4.43. The molecule has 2 rings (SSSR count). The lowest BCUT2D eigenvalue weighted by Crippen LogP contribution is -2.60. The highest BCUT2D eigenvalue weighted by Gasteiger charge is 2.47. The van der Waals surface area contributed by atoms with E-state index in [1.807, 2.05) is 0 Å². The first-order valence-corrected chi connectivity index (χ1v) is 6.71. The van der Waals surface area contributed by atoms with Gasteiger partial charge in [-0.15, -0.1) is 12.4 Å². The van der Waals surface area contributed by atoms with Crippen molar-refractivity contribution in [2.45, 2.75) is 25.7 Å². The van der Waals surface area contributed by atoms with Gasteiger partial charge >= 0.3 is 6.18 Å². The Hall–Kier alpha value is -1.47. The van der Waals surface area contributed by atoms with Crippen molar-refractivity contribution in [3.8, 4) is 0 Å². The first-order valence-electron chi connectivity index (χ1n) is 6.71. The zero-order valence-corrected chi connectivity index (χ0v) is 13.0. The number of carbonyl (C=O) groups excluding carboxylic acids is 1. The second kappa shape index (κ2) is 7.19. The van der Waals surface area contributed by atoms with E-state index in [1.165, 1.54) is 6.92 Å². The van der Waals surface area contributed by atoms with Gasteiger partial charge in [0, 0.05) is 38.8 Å². The highest BCUT2D eigenvalue weighted by atomic mass is 35.5. The minimum Gasteiger partial charge on any atom is -0.367 e. The molecule has 1 amide bonds. The first-order chi connectivity index (χ1) is 9.82. The molecule has 8 heteroatoms. The molecule has 1 aliphatic heterocycles. The molecule has 1 heterocycles. The first kappa shape index (κ1) is 18.6. The predicted molar refractivity (Wildman–Crippen MR) is 81.0 cm³/mol. The smallest absolute Gasteiger partial charge is 0.367 e. The second-order valence-electron chi connectivity index (χ2n) is 5.09. The van der Waals surface area contributed by atoms with Crippen LogP contribution in [-0.2, 0) is 11.3 Å². The van der Waals surface area contributed by atoms with E-state index in [-0.39, 0.29) is 25.5 Å². The van der Waals surface area contributed by atoms with Gasteiger partial charge in [-0.3, -0.25) is 4.79 Å². The summed E-state index contributed by atoms with van der Waals surface area (Å²) in [6.45, 7) is 1.77. The van der Waals surface area contributed by atoms with Crippen LogP contribution < -0.4 is 10.6 Å².